The van der Waals surface area contributed by atoms with Crippen LogP contribution in [0.4, 0.5) is 0 Å². The molecule has 0 bridgehead atoms. The Labute approximate surface area is 104 Å². The summed E-state index contributed by atoms with van der Waals surface area (Å²) < 4.78 is 17.0. The molecule has 0 atom stereocenters. The molecule has 17 heavy (non-hydrogen) atoms. The van der Waals surface area contributed by atoms with E-state index in [-0.39, 0.29) is 0 Å². The Morgan fingerprint density at radius 1 is 0.882 bits per heavy atom. The van der Waals surface area contributed by atoms with Gasteiger partial charge < -0.3 is 14.2 Å². The smallest absolute Gasteiger partial charge is 0.199 e. The van der Waals surface area contributed by atoms with Crippen LogP contribution in [0, 0.1) is 6.42 Å². The van der Waals surface area contributed by atoms with E-state index in [1.807, 2.05) is 20.8 Å². The molecule has 0 spiro atoms. The van der Waals surface area contributed by atoms with Crippen LogP contribution in [0.3, 0.4) is 0 Å². The third-order valence-electron chi connectivity index (χ3n) is 2.56. The summed E-state index contributed by atoms with van der Waals surface area (Å²) in [6.07, 6.45) is 3.91. The third-order valence-corrected chi connectivity index (χ3v) is 2.56. The van der Waals surface area contributed by atoms with Gasteiger partial charge in [-0.2, -0.15) is 0 Å². The number of allylic oxidation sites excluding steroid dienone is 2. The molecular formula is C14H23O3. The highest BCUT2D eigenvalue weighted by Gasteiger charge is 2.24. The lowest BCUT2D eigenvalue weighted by Gasteiger charge is -2.25. The molecule has 1 rings (SSSR count). The van der Waals surface area contributed by atoms with Crippen LogP contribution < -0.4 is 0 Å². The number of ether oxygens (including phenoxy) is 3. The Balaban J connectivity index is 3.04. The van der Waals surface area contributed by atoms with Crippen LogP contribution in [0.15, 0.2) is 22.9 Å². The van der Waals surface area contributed by atoms with E-state index < -0.39 is 0 Å². The molecule has 1 radical (unpaired) electrons. The first-order chi connectivity index (χ1) is 8.28. The van der Waals surface area contributed by atoms with Crippen molar-refractivity contribution in [2.24, 2.45) is 0 Å². The van der Waals surface area contributed by atoms with E-state index in [4.69, 9.17) is 14.2 Å². The lowest BCUT2D eigenvalue weighted by molar-refractivity contribution is 0.125. The van der Waals surface area contributed by atoms with Crippen LogP contribution in [-0.4, -0.2) is 19.8 Å². The summed E-state index contributed by atoms with van der Waals surface area (Å²) >= 11 is 0. The fraction of sp³-hybridized carbons (Fsp3) is 0.643. The lowest BCUT2D eigenvalue weighted by atomic mass is 9.98. The summed E-state index contributed by atoms with van der Waals surface area (Å²) in [5.41, 5.74) is 1.21. The largest absolute Gasteiger partial charge is 0.494 e. The number of hydrogen-bond acceptors (Lipinski definition) is 3. The fourth-order valence-electron chi connectivity index (χ4n) is 1.87. The average Bonchev–Trinajstić information content (AvgIpc) is 2.34. The highest BCUT2D eigenvalue weighted by atomic mass is 16.5. The van der Waals surface area contributed by atoms with Crippen molar-refractivity contribution < 1.29 is 14.2 Å². The van der Waals surface area contributed by atoms with Gasteiger partial charge in [0.25, 0.3) is 0 Å². The molecule has 0 amide bonds. The van der Waals surface area contributed by atoms with Crippen LogP contribution >= 0.6 is 0 Å². The first-order valence-electron chi connectivity index (χ1n) is 6.46. The van der Waals surface area contributed by atoms with Crippen LogP contribution in [0.25, 0.3) is 0 Å². The van der Waals surface area contributed by atoms with Crippen molar-refractivity contribution in [3.8, 4) is 0 Å². The summed E-state index contributed by atoms with van der Waals surface area (Å²) in [5, 5.41) is 0. The number of hydrogen-bond donors (Lipinski definition) is 0. The molecule has 97 valence electrons. The molecule has 3 nitrogen and oxygen atoms in total. The molecule has 0 N–H and O–H groups in total. The van der Waals surface area contributed by atoms with E-state index >= 15 is 0 Å². The Bertz CT molecular complexity index is 303. The molecule has 0 aromatic heterocycles. The topological polar surface area (TPSA) is 27.7 Å². The Kier molecular flexibility index (Phi) is 5.95. The first kappa shape index (κ1) is 13.9. The molecule has 0 heterocycles. The maximum absolute atomic E-state index is 5.71. The van der Waals surface area contributed by atoms with Crippen molar-refractivity contribution in [3.05, 3.63) is 29.3 Å². The van der Waals surface area contributed by atoms with Gasteiger partial charge in [-0.1, -0.05) is 6.92 Å². The maximum atomic E-state index is 5.71. The standard InChI is InChI=1S/C14H23O3/c1-5-11-9-10-12(15-6-2)14(17-8-4)13(11)16-7-3/h9H,5-8,10H2,1-4H3. The van der Waals surface area contributed by atoms with Crippen molar-refractivity contribution in [2.45, 2.75) is 40.5 Å². The maximum Gasteiger partial charge on any atom is 0.199 e. The summed E-state index contributed by atoms with van der Waals surface area (Å²) in [5.74, 6) is 2.53. The van der Waals surface area contributed by atoms with Crippen molar-refractivity contribution in [2.75, 3.05) is 19.8 Å². The van der Waals surface area contributed by atoms with Crippen molar-refractivity contribution in [3.63, 3.8) is 0 Å². The van der Waals surface area contributed by atoms with Crippen LogP contribution in [0.1, 0.15) is 40.5 Å². The molecule has 0 unspecified atom stereocenters. The van der Waals surface area contributed by atoms with Gasteiger partial charge in [-0.05, 0) is 39.2 Å². The van der Waals surface area contributed by atoms with E-state index in [1.165, 1.54) is 5.57 Å². The zero-order chi connectivity index (χ0) is 12.7. The number of rotatable bonds is 7. The van der Waals surface area contributed by atoms with Gasteiger partial charge in [0.1, 0.15) is 5.76 Å². The van der Waals surface area contributed by atoms with Crippen molar-refractivity contribution >= 4 is 0 Å². The normalized spacial score (nSPS) is 16.2. The second-order valence-electron chi connectivity index (χ2n) is 3.67. The molecule has 3 heteroatoms. The minimum atomic E-state index is 0.624. The summed E-state index contributed by atoms with van der Waals surface area (Å²) in [4.78, 5) is 0. The van der Waals surface area contributed by atoms with Gasteiger partial charge in [0.15, 0.2) is 11.5 Å². The third kappa shape index (κ3) is 3.42. The Morgan fingerprint density at radius 3 is 2.00 bits per heavy atom. The molecule has 0 aliphatic heterocycles. The van der Waals surface area contributed by atoms with E-state index in [0.717, 1.165) is 30.1 Å². The van der Waals surface area contributed by atoms with E-state index in [1.54, 1.807) is 0 Å². The molecule has 1 aliphatic rings. The molecule has 0 saturated carbocycles. The van der Waals surface area contributed by atoms with Gasteiger partial charge in [-0.3, -0.25) is 0 Å². The van der Waals surface area contributed by atoms with Gasteiger partial charge in [0.05, 0.1) is 19.8 Å². The SMILES string of the molecule is CCOC1=C(OCC)C(OCC)=C(CC)[CH]C1. The highest BCUT2D eigenvalue weighted by Crippen LogP contribution is 2.33. The molecule has 0 aromatic rings. The van der Waals surface area contributed by atoms with Gasteiger partial charge >= 0.3 is 0 Å². The van der Waals surface area contributed by atoms with Crippen LogP contribution in [0.5, 0.6) is 0 Å². The van der Waals surface area contributed by atoms with Crippen molar-refractivity contribution in [1.29, 1.82) is 0 Å². The van der Waals surface area contributed by atoms with E-state index in [9.17, 15) is 0 Å². The van der Waals surface area contributed by atoms with Gasteiger partial charge in [-0.25, -0.2) is 0 Å². The quantitative estimate of drug-likeness (QED) is 0.679. The summed E-state index contributed by atoms with van der Waals surface area (Å²) in [6.45, 7) is 9.99. The first-order valence-corrected chi connectivity index (χ1v) is 6.46. The fourth-order valence-corrected chi connectivity index (χ4v) is 1.87. The van der Waals surface area contributed by atoms with Crippen molar-refractivity contribution in [1.82, 2.24) is 0 Å². The molecular weight excluding hydrogens is 216 g/mol. The predicted octanol–water partition coefficient (Wildman–Crippen LogP) is 3.58. The zero-order valence-electron chi connectivity index (χ0n) is 11.3. The zero-order valence-corrected chi connectivity index (χ0v) is 11.3. The van der Waals surface area contributed by atoms with E-state index in [0.29, 0.717) is 19.8 Å². The van der Waals surface area contributed by atoms with E-state index in [2.05, 4.69) is 13.3 Å². The summed E-state index contributed by atoms with van der Waals surface area (Å²) in [7, 11) is 0. The predicted molar refractivity (Wildman–Crippen MR) is 68.1 cm³/mol. The second-order valence-corrected chi connectivity index (χ2v) is 3.67. The second kappa shape index (κ2) is 7.25. The Morgan fingerprint density at radius 2 is 1.47 bits per heavy atom. The molecule has 0 aromatic carbocycles. The molecule has 0 fully saturated rings. The average molecular weight is 239 g/mol. The van der Waals surface area contributed by atoms with Crippen LogP contribution in [0.2, 0.25) is 0 Å². The monoisotopic (exact) mass is 239 g/mol. The van der Waals surface area contributed by atoms with Crippen LogP contribution in [-0.2, 0) is 14.2 Å². The Hall–Kier alpha value is -1.12. The van der Waals surface area contributed by atoms with Gasteiger partial charge in [0, 0.05) is 6.42 Å². The summed E-state index contributed by atoms with van der Waals surface area (Å²) in [6, 6.07) is 0. The highest BCUT2D eigenvalue weighted by molar-refractivity contribution is 5.38. The minimum Gasteiger partial charge on any atom is -0.494 e. The lowest BCUT2D eigenvalue weighted by Crippen LogP contribution is -2.14. The minimum absolute atomic E-state index is 0.624. The molecule has 1 aliphatic carbocycles. The van der Waals surface area contributed by atoms with Gasteiger partial charge in [0.2, 0.25) is 0 Å². The molecule has 0 saturated heterocycles. The van der Waals surface area contributed by atoms with Gasteiger partial charge in [-0.15, -0.1) is 0 Å².